The number of nitrogens with one attached hydrogen (secondary N) is 1. The quantitative estimate of drug-likeness (QED) is 0.378. The second kappa shape index (κ2) is 7.82. The van der Waals surface area contributed by atoms with Gasteiger partial charge in [-0.15, -0.1) is 12.4 Å². The summed E-state index contributed by atoms with van der Waals surface area (Å²) < 4.78 is 4.70. The van der Waals surface area contributed by atoms with Gasteiger partial charge in [-0.2, -0.15) is 5.10 Å². The predicted molar refractivity (Wildman–Crippen MR) is 90.5 cm³/mol. The van der Waals surface area contributed by atoms with E-state index < -0.39 is 5.97 Å². The fraction of sp³-hybridized carbons (Fsp3) is 0.333. The van der Waals surface area contributed by atoms with E-state index in [2.05, 4.69) is 15.0 Å². The average molecular weight is 325 g/mol. The van der Waals surface area contributed by atoms with Crippen LogP contribution in [0.3, 0.4) is 0 Å². The summed E-state index contributed by atoms with van der Waals surface area (Å²) in [5, 5.41) is 4.62. The summed E-state index contributed by atoms with van der Waals surface area (Å²) in [5.41, 5.74) is 3.00. The summed E-state index contributed by atoms with van der Waals surface area (Å²) in [6, 6.07) is 5.63. The molecule has 0 radical (unpaired) electrons. The number of rotatable bonds is 5. The zero-order valence-corrected chi connectivity index (χ0v) is 13.7. The van der Waals surface area contributed by atoms with Gasteiger partial charge in [0.25, 0.3) is 0 Å². The zero-order valence-electron chi connectivity index (χ0n) is 12.9. The molecule has 0 aliphatic heterocycles. The second-order valence-electron chi connectivity index (χ2n) is 5.10. The molecule has 3 N–H and O–H groups in total. The molecule has 1 aromatic carbocycles. The van der Waals surface area contributed by atoms with Gasteiger partial charge in [-0.05, 0) is 38.2 Å². The molecule has 0 aliphatic carbocycles. The summed E-state index contributed by atoms with van der Waals surface area (Å²) in [6.45, 7) is 0.950. The third-order valence-corrected chi connectivity index (χ3v) is 3.38. The Morgan fingerprint density at radius 2 is 2.14 bits per heavy atom. The Labute approximate surface area is 135 Å². The Hall–Kier alpha value is -2.05. The van der Waals surface area contributed by atoms with E-state index in [9.17, 15) is 4.79 Å². The van der Waals surface area contributed by atoms with Crippen molar-refractivity contribution in [2.75, 3.05) is 27.7 Å². The lowest BCUT2D eigenvalue weighted by molar-refractivity contribution is -0.132. The number of methoxy groups -OCH3 is 1. The number of carbonyl (C=O) groups is 1. The van der Waals surface area contributed by atoms with Crippen molar-refractivity contribution in [3.8, 4) is 0 Å². The Balaban J connectivity index is 0.00000242. The highest BCUT2D eigenvalue weighted by atomic mass is 35.5. The van der Waals surface area contributed by atoms with Crippen molar-refractivity contribution in [3.05, 3.63) is 35.5 Å². The van der Waals surface area contributed by atoms with Gasteiger partial charge in [0.15, 0.2) is 5.71 Å². The summed E-state index contributed by atoms with van der Waals surface area (Å²) >= 11 is 0. The van der Waals surface area contributed by atoms with Crippen LogP contribution in [-0.4, -0.2) is 49.3 Å². The fourth-order valence-electron chi connectivity index (χ4n) is 2.22. The number of ether oxygens (including phenoxy) is 1. The molecule has 0 saturated carbocycles. The minimum absolute atomic E-state index is 0. The van der Waals surface area contributed by atoms with Crippen LogP contribution in [-0.2, 0) is 16.0 Å². The third kappa shape index (κ3) is 3.78. The molecule has 0 saturated heterocycles. The van der Waals surface area contributed by atoms with Crippen LogP contribution in [0.1, 0.15) is 11.1 Å². The highest BCUT2D eigenvalue weighted by molar-refractivity contribution is 6.43. The summed E-state index contributed by atoms with van der Waals surface area (Å²) in [4.78, 5) is 17.0. The first-order valence-corrected chi connectivity index (χ1v) is 6.68. The van der Waals surface area contributed by atoms with Crippen LogP contribution >= 0.6 is 12.4 Å². The molecule has 0 bridgehead atoms. The highest BCUT2D eigenvalue weighted by Crippen LogP contribution is 2.21. The second-order valence-corrected chi connectivity index (χ2v) is 5.10. The molecule has 120 valence electrons. The topological polar surface area (TPSA) is 83.7 Å². The number of H-pyrrole nitrogens is 1. The Morgan fingerprint density at radius 1 is 1.41 bits per heavy atom. The number of likely N-dealkylation sites (N-methyl/N-ethyl adjacent to an activating group) is 1. The predicted octanol–water partition coefficient (Wildman–Crippen LogP) is 1.53. The number of hydrazone groups is 1. The molecule has 0 spiro atoms. The number of hydrogen-bond acceptors (Lipinski definition) is 5. The molecule has 0 atom stereocenters. The monoisotopic (exact) mass is 324 g/mol. The number of halogens is 1. The zero-order chi connectivity index (χ0) is 15.4. The molecule has 1 aromatic heterocycles. The van der Waals surface area contributed by atoms with Gasteiger partial charge in [-0.25, -0.2) is 4.79 Å². The number of benzene rings is 1. The van der Waals surface area contributed by atoms with E-state index >= 15 is 0 Å². The standard InChI is InChI=1S/C15H20N4O2.ClH/c1-19(2)7-6-11-9-17-13-5-4-10(8-12(11)13)14(18-16)15(20)21-3;/h4-5,8-9,17H,6-7,16H2,1-3H3;1H/b18-14+;. The summed E-state index contributed by atoms with van der Waals surface area (Å²) in [7, 11) is 5.39. The molecule has 22 heavy (non-hydrogen) atoms. The van der Waals surface area contributed by atoms with E-state index in [1.807, 2.05) is 32.4 Å². The van der Waals surface area contributed by atoms with Crippen LogP contribution in [0, 0.1) is 0 Å². The van der Waals surface area contributed by atoms with Gasteiger partial charge < -0.3 is 20.5 Å². The first-order chi connectivity index (χ1) is 10.1. The number of aromatic amines is 1. The number of fused-ring (bicyclic) bond motifs is 1. The number of esters is 1. The minimum atomic E-state index is -0.540. The van der Waals surface area contributed by atoms with Crippen LogP contribution in [0.2, 0.25) is 0 Å². The summed E-state index contributed by atoms with van der Waals surface area (Å²) in [5.74, 6) is 4.77. The molecular weight excluding hydrogens is 304 g/mol. The lowest BCUT2D eigenvalue weighted by Gasteiger charge is -2.08. The molecule has 2 aromatic rings. The van der Waals surface area contributed by atoms with E-state index in [0.717, 1.165) is 23.9 Å². The van der Waals surface area contributed by atoms with Gasteiger partial charge in [0.05, 0.1) is 7.11 Å². The first-order valence-electron chi connectivity index (χ1n) is 6.68. The summed E-state index contributed by atoms with van der Waals surface area (Å²) in [6.07, 6.45) is 2.92. The Bertz CT molecular complexity index is 679. The maximum Gasteiger partial charge on any atom is 0.359 e. The average Bonchev–Trinajstić information content (AvgIpc) is 2.88. The SMILES string of the molecule is COC(=O)/C(=N/N)c1ccc2[nH]cc(CCN(C)C)c2c1.Cl. The van der Waals surface area contributed by atoms with E-state index in [4.69, 9.17) is 10.6 Å². The van der Waals surface area contributed by atoms with Gasteiger partial charge in [0.2, 0.25) is 0 Å². The largest absolute Gasteiger partial charge is 0.464 e. The van der Waals surface area contributed by atoms with Crippen LogP contribution in [0.5, 0.6) is 0 Å². The van der Waals surface area contributed by atoms with Crippen molar-refractivity contribution in [2.24, 2.45) is 10.9 Å². The fourth-order valence-corrected chi connectivity index (χ4v) is 2.22. The molecule has 0 unspecified atom stereocenters. The van der Waals surface area contributed by atoms with Crippen LogP contribution in [0.25, 0.3) is 10.9 Å². The number of nitrogens with two attached hydrogens (primary N) is 1. The van der Waals surface area contributed by atoms with Crippen molar-refractivity contribution in [2.45, 2.75) is 6.42 Å². The number of carbonyl (C=O) groups excluding carboxylic acids is 1. The number of nitrogens with zero attached hydrogens (tertiary/aromatic N) is 2. The highest BCUT2D eigenvalue weighted by Gasteiger charge is 2.16. The van der Waals surface area contributed by atoms with Gasteiger partial charge in [0, 0.05) is 29.2 Å². The molecule has 6 nitrogen and oxygen atoms in total. The van der Waals surface area contributed by atoms with E-state index in [0.29, 0.717) is 5.56 Å². The molecule has 7 heteroatoms. The third-order valence-electron chi connectivity index (χ3n) is 3.38. The van der Waals surface area contributed by atoms with Crippen molar-refractivity contribution < 1.29 is 9.53 Å². The van der Waals surface area contributed by atoms with E-state index in [1.54, 1.807) is 6.07 Å². The number of hydrogen-bond donors (Lipinski definition) is 2. The molecule has 0 fully saturated rings. The maximum atomic E-state index is 11.7. The van der Waals surface area contributed by atoms with Crippen molar-refractivity contribution >= 4 is 35.0 Å². The van der Waals surface area contributed by atoms with Gasteiger partial charge >= 0.3 is 5.97 Å². The van der Waals surface area contributed by atoms with E-state index in [1.165, 1.54) is 12.7 Å². The van der Waals surface area contributed by atoms with Crippen LogP contribution in [0.4, 0.5) is 0 Å². The molecule has 0 amide bonds. The first kappa shape index (κ1) is 18.0. The van der Waals surface area contributed by atoms with Crippen LogP contribution in [0.15, 0.2) is 29.5 Å². The number of aromatic nitrogens is 1. The molecule has 2 rings (SSSR count). The smallest absolute Gasteiger partial charge is 0.359 e. The normalized spacial score (nSPS) is 11.5. The minimum Gasteiger partial charge on any atom is -0.464 e. The lowest BCUT2D eigenvalue weighted by Crippen LogP contribution is -2.19. The van der Waals surface area contributed by atoms with E-state index in [-0.39, 0.29) is 18.1 Å². The van der Waals surface area contributed by atoms with Crippen molar-refractivity contribution in [1.82, 2.24) is 9.88 Å². The Kier molecular flexibility index (Phi) is 6.39. The van der Waals surface area contributed by atoms with Gasteiger partial charge in [0.1, 0.15) is 0 Å². The Morgan fingerprint density at radius 3 is 2.73 bits per heavy atom. The molecule has 1 heterocycles. The lowest BCUT2D eigenvalue weighted by atomic mass is 10.0. The van der Waals surface area contributed by atoms with Gasteiger partial charge in [-0.3, -0.25) is 0 Å². The van der Waals surface area contributed by atoms with Crippen molar-refractivity contribution in [3.63, 3.8) is 0 Å². The van der Waals surface area contributed by atoms with Crippen LogP contribution < -0.4 is 5.84 Å². The molecule has 0 aliphatic rings. The van der Waals surface area contributed by atoms with Crippen molar-refractivity contribution in [1.29, 1.82) is 0 Å². The maximum absolute atomic E-state index is 11.7. The molecular formula is C15H21ClN4O2. The van der Waals surface area contributed by atoms with Gasteiger partial charge in [-0.1, -0.05) is 6.07 Å².